The van der Waals surface area contributed by atoms with Gasteiger partial charge in [0.15, 0.2) is 11.5 Å². The van der Waals surface area contributed by atoms with Gasteiger partial charge in [0.25, 0.3) is 0 Å². The van der Waals surface area contributed by atoms with E-state index in [0.29, 0.717) is 23.0 Å². The van der Waals surface area contributed by atoms with Crippen molar-refractivity contribution in [2.45, 2.75) is 0 Å². The summed E-state index contributed by atoms with van der Waals surface area (Å²) in [6.45, 7) is 0. The molecule has 0 saturated carbocycles. The number of benzene rings is 2. The molecule has 5 rings (SSSR count). The van der Waals surface area contributed by atoms with Crippen molar-refractivity contribution in [3.8, 4) is 28.5 Å². The third-order valence-corrected chi connectivity index (χ3v) is 5.61. The first kappa shape index (κ1) is 21.3. The highest BCUT2D eigenvalue weighted by atomic mass is 16.5. The number of nitrogens with two attached hydrogens (primary N) is 1. The van der Waals surface area contributed by atoms with E-state index < -0.39 is 0 Å². The SMILES string of the molecule is COc1cccc(Nc2cncc(-c3cc4c(cnc5cc(OC)c(OC)cc54)c(N)n3)c2)c1. The number of aromatic nitrogens is 3. The Balaban J connectivity index is 1.61. The van der Waals surface area contributed by atoms with Gasteiger partial charge in [-0.2, -0.15) is 0 Å². The van der Waals surface area contributed by atoms with Gasteiger partial charge < -0.3 is 25.3 Å². The van der Waals surface area contributed by atoms with Crippen LogP contribution in [0.4, 0.5) is 17.2 Å². The molecule has 5 aromatic rings. The van der Waals surface area contributed by atoms with E-state index >= 15 is 0 Å². The maximum absolute atomic E-state index is 6.35. The van der Waals surface area contributed by atoms with Crippen molar-refractivity contribution in [2.24, 2.45) is 0 Å². The molecule has 0 aliphatic heterocycles. The lowest BCUT2D eigenvalue weighted by Gasteiger charge is -2.13. The zero-order chi connectivity index (χ0) is 23.7. The molecule has 0 unspecified atom stereocenters. The van der Waals surface area contributed by atoms with Crippen molar-refractivity contribution in [2.75, 3.05) is 32.4 Å². The second-order valence-electron chi connectivity index (χ2n) is 7.66. The van der Waals surface area contributed by atoms with E-state index in [4.69, 9.17) is 19.9 Å². The van der Waals surface area contributed by atoms with Crippen LogP contribution >= 0.6 is 0 Å². The Kier molecular flexibility index (Phi) is 5.47. The Bertz CT molecular complexity index is 1520. The number of rotatable bonds is 6. The van der Waals surface area contributed by atoms with E-state index in [9.17, 15) is 0 Å². The zero-order valence-electron chi connectivity index (χ0n) is 19.0. The Hall–Kier alpha value is -4.59. The minimum absolute atomic E-state index is 0.392. The summed E-state index contributed by atoms with van der Waals surface area (Å²) >= 11 is 0. The monoisotopic (exact) mass is 453 g/mol. The van der Waals surface area contributed by atoms with Crippen LogP contribution in [-0.4, -0.2) is 36.3 Å². The summed E-state index contributed by atoms with van der Waals surface area (Å²) in [4.78, 5) is 13.6. The van der Waals surface area contributed by atoms with Crippen LogP contribution in [0.5, 0.6) is 17.2 Å². The van der Waals surface area contributed by atoms with Crippen LogP contribution in [0.15, 0.2) is 67.1 Å². The summed E-state index contributed by atoms with van der Waals surface area (Å²) in [6.07, 6.45) is 5.25. The molecule has 170 valence electrons. The number of methoxy groups -OCH3 is 3. The van der Waals surface area contributed by atoms with E-state index in [1.54, 1.807) is 39.9 Å². The summed E-state index contributed by atoms with van der Waals surface area (Å²) in [5, 5.41) is 5.93. The van der Waals surface area contributed by atoms with Crippen LogP contribution in [0.25, 0.3) is 32.9 Å². The number of anilines is 3. The second kappa shape index (κ2) is 8.74. The predicted octanol–water partition coefficient (Wildman–Crippen LogP) is 5.20. The fourth-order valence-electron chi connectivity index (χ4n) is 3.92. The molecule has 3 aromatic heterocycles. The molecule has 34 heavy (non-hydrogen) atoms. The maximum Gasteiger partial charge on any atom is 0.162 e. The molecular formula is C26H23N5O3. The molecule has 3 heterocycles. The van der Waals surface area contributed by atoms with Crippen molar-refractivity contribution >= 4 is 38.9 Å². The number of ether oxygens (including phenoxy) is 3. The molecule has 3 N–H and O–H groups in total. The van der Waals surface area contributed by atoms with Gasteiger partial charge in [-0.25, -0.2) is 4.98 Å². The average Bonchev–Trinajstić information content (AvgIpc) is 2.87. The topological polar surface area (TPSA) is 104 Å². The molecule has 0 fully saturated rings. The number of fused-ring (bicyclic) bond motifs is 3. The Morgan fingerprint density at radius 1 is 0.765 bits per heavy atom. The number of nitrogen functional groups attached to an aromatic ring is 1. The first-order valence-electron chi connectivity index (χ1n) is 10.6. The lowest BCUT2D eigenvalue weighted by atomic mass is 10.0. The van der Waals surface area contributed by atoms with Gasteiger partial charge >= 0.3 is 0 Å². The molecule has 0 spiro atoms. The van der Waals surface area contributed by atoms with Crippen molar-refractivity contribution in [1.82, 2.24) is 15.0 Å². The quantitative estimate of drug-likeness (QED) is 0.338. The van der Waals surface area contributed by atoms with Gasteiger partial charge in [0.2, 0.25) is 0 Å². The molecule has 0 atom stereocenters. The zero-order valence-corrected chi connectivity index (χ0v) is 19.0. The average molecular weight is 454 g/mol. The first-order chi connectivity index (χ1) is 16.6. The Morgan fingerprint density at radius 3 is 2.38 bits per heavy atom. The molecular weight excluding hydrogens is 430 g/mol. The van der Waals surface area contributed by atoms with Gasteiger partial charge in [-0.05, 0) is 35.7 Å². The molecule has 0 bridgehead atoms. The normalized spacial score (nSPS) is 10.9. The number of nitrogens with zero attached hydrogens (tertiary/aromatic N) is 3. The second-order valence-corrected chi connectivity index (χ2v) is 7.66. The summed E-state index contributed by atoms with van der Waals surface area (Å²) in [5.41, 5.74) is 10.4. The highest BCUT2D eigenvalue weighted by molar-refractivity contribution is 6.10. The summed E-state index contributed by atoms with van der Waals surface area (Å²) in [6, 6.07) is 15.4. The molecule has 0 amide bonds. The Labute approximate surface area is 196 Å². The predicted molar refractivity (Wildman–Crippen MR) is 134 cm³/mol. The molecule has 8 heteroatoms. The maximum atomic E-state index is 6.35. The van der Waals surface area contributed by atoms with Crippen LogP contribution in [0.1, 0.15) is 0 Å². The Morgan fingerprint density at radius 2 is 1.59 bits per heavy atom. The van der Waals surface area contributed by atoms with Crippen LogP contribution in [0.3, 0.4) is 0 Å². The van der Waals surface area contributed by atoms with Gasteiger partial charge in [-0.15, -0.1) is 0 Å². The van der Waals surface area contributed by atoms with E-state index in [1.807, 2.05) is 48.5 Å². The first-order valence-corrected chi connectivity index (χ1v) is 10.6. The van der Waals surface area contributed by atoms with Gasteiger partial charge in [0, 0.05) is 46.5 Å². The third kappa shape index (κ3) is 3.86. The van der Waals surface area contributed by atoms with Crippen molar-refractivity contribution in [3.05, 3.63) is 67.1 Å². The standard InChI is InChI=1S/C26H23N5O3/c1-32-18-6-4-5-16(8-18)30-17-7-15(12-28-13-17)22-9-19-20-10-24(33-2)25(34-3)11-23(20)29-14-21(19)26(27)31-22/h4-14,30H,1-3H3,(H2,27,31). The number of hydrogen-bond acceptors (Lipinski definition) is 8. The third-order valence-electron chi connectivity index (χ3n) is 5.61. The molecule has 0 aliphatic rings. The van der Waals surface area contributed by atoms with Crippen LogP contribution < -0.4 is 25.3 Å². The van der Waals surface area contributed by atoms with E-state index in [1.165, 1.54) is 0 Å². The van der Waals surface area contributed by atoms with E-state index in [-0.39, 0.29) is 0 Å². The van der Waals surface area contributed by atoms with Gasteiger partial charge in [-0.1, -0.05) is 6.07 Å². The lowest BCUT2D eigenvalue weighted by Crippen LogP contribution is -1.98. The molecule has 0 radical (unpaired) electrons. The van der Waals surface area contributed by atoms with Crippen LogP contribution in [-0.2, 0) is 0 Å². The van der Waals surface area contributed by atoms with Crippen molar-refractivity contribution < 1.29 is 14.2 Å². The van der Waals surface area contributed by atoms with E-state index in [2.05, 4.69) is 20.3 Å². The lowest BCUT2D eigenvalue weighted by molar-refractivity contribution is 0.356. The number of pyridine rings is 3. The smallest absolute Gasteiger partial charge is 0.162 e. The number of hydrogen-bond donors (Lipinski definition) is 2. The summed E-state index contributed by atoms with van der Waals surface area (Å²) < 4.78 is 16.2. The van der Waals surface area contributed by atoms with Gasteiger partial charge in [0.05, 0.1) is 44.4 Å². The van der Waals surface area contributed by atoms with Gasteiger partial charge in [0.1, 0.15) is 11.6 Å². The molecule has 0 saturated heterocycles. The van der Waals surface area contributed by atoms with Crippen LogP contribution in [0, 0.1) is 0 Å². The fourth-order valence-corrected chi connectivity index (χ4v) is 3.92. The largest absolute Gasteiger partial charge is 0.497 e. The fraction of sp³-hybridized carbons (Fsp3) is 0.115. The minimum Gasteiger partial charge on any atom is -0.497 e. The number of nitrogens with one attached hydrogen (secondary N) is 1. The minimum atomic E-state index is 0.392. The molecule has 8 nitrogen and oxygen atoms in total. The van der Waals surface area contributed by atoms with Crippen molar-refractivity contribution in [1.29, 1.82) is 0 Å². The van der Waals surface area contributed by atoms with E-state index in [0.717, 1.165) is 44.4 Å². The molecule has 0 aliphatic carbocycles. The summed E-state index contributed by atoms with van der Waals surface area (Å²) in [5.74, 6) is 2.39. The van der Waals surface area contributed by atoms with Crippen molar-refractivity contribution in [3.63, 3.8) is 0 Å². The highest BCUT2D eigenvalue weighted by Gasteiger charge is 2.14. The van der Waals surface area contributed by atoms with Crippen LogP contribution in [0.2, 0.25) is 0 Å². The highest BCUT2D eigenvalue weighted by Crippen LogP contribution is 2.37. The molecule has 2 aromatic carbocycles. The summed E-state index contributed by atoms with van der Waals surface area (Å²) in [7, 11) is 4.85. The van der Waals surface area contributed by atoms with Gasteiger partial charge in [-0.3, -0.25) is 9.97 Å².